The van der Waals surface area contributed by atoms with Gasteiger partial charge in [-0.3, -0.25) is 4.79 Å². The van der Waals surface area contributed by atoms with Crippen molar-refractivity contribution in [3.8, 4) is 5.75 Å². The molecule has 0 bridgehead atoms. The van der Waals surface area contributed by atoms with Crippen LogP contribution in [0, 0.1) is 0 Å². The smallest absolute Gasteiger partial charge is 0.469 e. The van der Waals surface area contributed by atoms with Crippen molar-refractivity contribution in [3.05, 3.63) is 28.8 Å². The summed E-state index contributed by atoms with van der Waals surface area (Å²) < 4.78 is 44.2. The summed E-state index contributed by atoms with van der Waals surface area (Å²) in [7, 11) is 1.21. The van der Waals surface area contributed by atoms with Gasteiger partial charge in [0.1, 0.15) is 5.75 Å². The number of hydrogen-bond donors (Lipinski definition) is 1. The van der Waals surface area contributed by atoms with Gasteiger partial charge >= 0.3 is 12.3 Å². The number of ether oxygens (including phenoxy) is 2. The van der Waals surface area contributed by atoms with Crippen LogP contribution >= 0.6 is 24.0 Å². The van der Waals surface area contributed by atoms with Crippen molar-refractivity contribution in [2.75, 3.05) is 7.11 Å². The summed E-state index contributed by atoms with van der Waals surface area (Å²) in [5.74, 6) is -1.05. The number of benzene rings is 1. The first-order valence-corrected chi connectivity index (χ1v) is 5.48. The number of hydrogen-bond acceptors (Lipinski definition) is 4. The molecule has 0 saturated heterocycles. The molecule has 1 rings (SSSR count). The molecule has 2 N–H and O–H groups in total. The van der Waals surface area contributed by atoms with E-state index in [0.717, 1.165) is 6.07 Å². The van der Waals surface area contributed by atoms with E-state index in [9.17, 15) is 18.0 Å². The quantitative estimate of drug-likeness (QED) is 0.859. The molecule has 0 aromatic heterocycles. The highest BCUT2D eigenvalue weighted by Gasteiger charge is 2.32. The molecule has 0 fully saturated rings. The van der Waals surface area contributed by atoms with Gasteiger partial charge in [-0.2, -0.15) is 0 Å². The van der Waals surface area contributed by atoms with Crippen LogP contribution < -0.4 is 10.5 Å². The second-order valence-corrected chi connectivity index (χ2v) is 4.03. The van der Waals surface area contributed by atoms with Gasteiger partial charge in [0.25, 0.3) is 0 Å². The third kappa shape index (κ3) is 5.85. The van der Waals surface area contributed by atoms with Crippen LogP contribution in [0.3, 0.4) is 0 Å². The molecule has 1 aromatic carbocycles. The highest BCUT2D eigenvalue weighted by Crippen LogP contribution is 2.32. The van der Waals surface area contributed by atoms with Crippen LogP contribution in [0.2, 0.25) is 5.02 Å². The molecule has 0 unspecified atom stereocenters. The Morgan fingerprint density at radius 3 is 2.50 bits per heavy atom. The summed E-state index contributed by atoms with van der Waals surface area (Å²) in [4.78, 5) is 11.0. The van der Waals surface area contributed by atoms with E-state index in [4.69, 9.17) is 17.3 Å². The molecule has 0 aliphatic carbocycles. The first-order valence-electron chi connectivity index (χ1n) is 5.10. The van der Waals surface area contributed by atoms with Gasteiger partial charge in [-0.25, -0.2) is 0 Å². The van der Waals surface area contributed by atoms with Crippen molar-refractivity contribution >= 4 is 30.0 Å². The Kier molecular flexibility index (Phi) is 7.12. The van der Waals surface area contributed by atoms with E-state index >= 15 is 0 Å². The molecule has 1 aromatic rings. The molecule has 0 aliphatic heterocycles. The Morgan fingerprint density at radius 2 is 2.05 bits per heavy atom. The number of halogens is 5. The highest BCUT2D eigenvalue weighted by molar-refractivity contribution is 6.32. The zero-order valence-electron chi connectivity index (χ0n) is 10.2. The van der Waals surface area contributed by atoms with Gasteiger partial charge in [0.05, 0.1) is 18.6 Å². The highest BCUT2D eigenvalue weighted by atomic mass is 35.5. The van der Waals surface area contributed by atoms with Gasteiger partial charge in [-0.15, -0.1) is 25.6 Å². The minimum Gasteiger partial charge on any atom is -0.469 e. The van der Waals surface area contributed by atoms with Crippen molar-refractivity contribution in [1.29, 1.82) is 0 Å². The van der Waals surface area contributed by atoms with Crippen LogP contribution in [-0.2, 0) is 9.53 Å². The average Bonchev–Trinajstić information content (AvgIpc) is 2.29. The summed E-state index contributed by atoms with van der Waals surface area (Å²) in [6.07, 6.45) is -4.93. The van der Waals surface area contributed by atoms with Crippen LogP contribution in [0.25, 0.3) is 0 Å². The lowest BCUT2D eigenvalue weighted by Crippen LogP contribution is -2.18. The van der Waals surface area contributed by atoms with E-state index in [1.807, 2.05) is 0 Å². The summed E-state index contributed by atoms with van der Waals surface area (Å²) >= 11 is 5.65. The molecule has 0 aliphatic rings. The van der Waals surface area contributed by atoms with Gasteiger partial charge < -0.3 is 15.2 Å². The van der Waals surface area contributed by atoms with Gasteiger partial charge in [-0.05, 0) is 17.7 Å². The van der Waals surface area contributed by atoms with Crippen LogP contribution in [0.5, 0.6) is 5.75 Å². The number of methoxy groups -OCH3 is 1. The van der Waals surface area contributed by atoms with Gasteiger partial charge in [0, 0.05) is 6.04 Å². The summed E-state index contributed by atoms with van der Waals surface area (Å²) in [6, 6.07) is 2.85. The van der Waals surface area contributed by atoms with E-state index in [1.54, 1.807) is 0 Å². The van der Waals surface area contributed by atoms with Crippen molar-refractivity contribution < 1.29 is 27.4 Å². The lowest BCUT2D eigenvalue weighted by Gasteiger charge is -2.14. The summed E-state index contributed by atoms with van der Waals surface area (Å²) in [5.41, 5.74) is 6.10. The zero-order chi connectivity index (χ0) is 14.6. The molecule has 114 valence electrons. The minimum atomic E-state index is -4.82. The Labute approximate surface area is 124 Å². The Hall–Kier alpha value is -1.18. The number of carbonyl (C=O) groups is 1. The minimum absolute atomic E-state index is 0. The second-order valence-electron chi connectivity index (χ2n) is 3.62. The van der Waals surface area contributed by atoms with Gasteiger partial charge in [0.15, 0.2) is 0 Å². The van der Waals surface area contributed by atoms with E-state index < -0.39 is 24.1 Å². The van der Waals surface area contributed by atoms with Crippen molar-refractivity contribution in [2.45, 2.75) is 18.8 Å². The third-order valence-electron chi connectivity index (χ3n) is 2.22. The molecule has 0 saturated carbocycles. The predicted molar refractivity (Wildman–Crippen MR) is 68.9 cm³/mol. The monoisotopic (exact) mass is 333 g/mol. The number of alkyl halides is 3. The molecular formula is C11H12Cl2F3NO3. The van der Waals surface area contributed by atoms with Crippen molar-refractivity contribution in [3.63, 3.8) is 0 Å². The average molecular weight is 334 g/mol. The fourth-order valence-corrected chi connectivity index (χ4v) is 1.56. The van der Waals surface area contributed by atoms with E-state index in [1.165, 1.54) is 19.2 Å². The molecule has 9 heteroatoms. The molecule has 0 radical (unpaired) electrons. The predicted octanol–water partition coefficient (Wildman–Crippen LogP) is 3.22. The van der Waals surface area contributed by atoms with Gasteiger partial charge in [-0.1, -0.05) is 17.7 Å². The summed E-state index contributed by atoms with van der Waals surface area (Å²) in [6.45, 7) is 0. The maximum absolute atomic E-state index is 12.0. The number of rotatable bonds is 4. The van der Waals surface area contributed by atoms with Crippen molar-refractivity contribution in [1.82, 2.24) is 0 Å². The largest absolute Gasteiger partial charge is 0.573 e. The lowest BCUT2D eigenvalue weighted by atomic mass is 10.0. The Bertz CT molecular complexity index is 469. The standard InChI is InChI=1S/C11H11ClF3NO3.ClH/c1-18-10(17)5-8(16)6-2-3-9(7(12)4-6)19-11(13,14)15;/h2-4,8H,5,16H2,1H3;1H/t8-;/m0./s1. The maximum Gasteiger partial charge on any atom is 0.573 e. The third-order valence-corrected chi connectivity index (χ3v) is 2.52. The van der Waals surface area contributed by atoms with Crippen molar-refractivity contribution in [2.24, 2.45) is 5.73 Å². The molecule has 20 heavy (non-hydrogen) atoms. The number of nitrogens with two attached hydrogens (primary N) is 1. The molecule has 0 spiro atoms. The van der Waals surface area contributed by atoms with Crippen LogP contribution in [0.1, 0.15) is 18.0 Å². The Morgan fingerprint density at radius 1 is 1.45 bits per heavy atom. The fraction of sp³-hybridized carbons (Fsp3) is 0.364. The first-order chi connectivity index (χ1) is 8.73. The van der Waals surface area contributed by atoms with E-state index in [-0.39, 0.29) is 23.9 Å². The second kappa shape index (κ2) is 7.56. The topological polar surface area (TPSA) is 61.5 Å². The molecule has 1 atom stereocenters. The van der Waals surface area contributed by atoms with Crippen LogP contribution in [0.4, 0.5) is 13.2 Å². The van der Waals surface area contributed by atoms with Crippen LogP contribution in [-0.4, -0.2) is 19.4 Å². The summed E-state index contributed by atoms with van der Waals surface area (Å²) in [5, 5.41) is -0.241. The molecule has 0 amide bonds. The first kappa shape index (κ1) is 18.8. The zero-order valence-corrected chi connectivity index (χ0v) is 11.8. The number of carbonyl (C=O) groups excluding carboxylic acids is 1. The number of esters is 1. The van der Waals surface area contributed by atoms with Gasteiger partial charge in [0.2, 0.25) is 0 Å². The molecule has 0 heterocycles. The fourth-order valence-electron chi connectivity index (χ4n) is 1.34. The molecular weight excluding hydrogens is 322 g/mol. The van der Waals surface area contributed by atoms with E-state index in [0.29, 0.717) is 5.56 Å². The SMILES string of the molecule is COC(=O)C[C@H](N)c1ccc(OC(F)(F)F)c(Cl)c1.Cl. The van der Waals surface area contributed by atoms with E-state index in [2.05, 4.69) is 9.47 Å². The van der Waals surface area contributed by atoms with Crippen LogP contribution in [0.15, 0.2) is 18.2 Å². The maximum atomic E-state index is 12.0. The molecule has 4 nitrogen and oxygen atoms in total. The lowest BCUT2D eigenvalue weighted by molar-refractivity contribution is -0.274. The Balaban J connectivity index is 0.00000361. The normalized spacial score (nSPS) is 12.3.